The smallest absolute Gasteiger partial charge is 0.200 e. The van der Waals surface area contributed by atoms with Gasteiger partial charge in [0.2, 0.25) is 0 Å². The summed E-state index contributed by atoms with van der Waals surface area (Å²) in [5, 5.41) is 8.87. The molecule has 0 amide bonds. The summed E-state index contributed by atoms with van der Waals surface area (Å²) in [6.07, 6.45) is 1.58. The first-order valence-corrected chi connectivity index (χ1v) is 8.44. The van der Waals surface area contributed by atoms with Crippen LogP contribution in [0.1, 0.15) is 10.4 Å². The van der Waals surface area contributed by atoms with E-state index in [0.29, 0.717) is 33.8 Å². The minimum absolute atomic E-state index is 0.0338. The fourth-order valence-corrected chi connectivity index (χ4v) is 3.09. The molecule has 3 rings (SSSR count). The number of Topliss-reactive ketones (excluding diaryl/α,β-unsaturated/α-hetero) is 1. The van der Waals surface area contributed by atoms with E-state index in [1.54, 1.807) is 42.2 Å². The van der Waals surface area contributed by atoms with Crippen LogP contribution in [0.3, 0.4) is 0 Å². The Balaban J connectivity index is 1.71. The monoisotopic (exact) mass is 359 g/mol. The third-order valence-electron chi connectivity index (χ3n) is 3.61. The number of hydrogen-bond donors (Lipinski definition) is 0. The molecule has 3 aromatic rings. The number of carbonyl (C=O) groups excluding carboxylic acids is 1. The van der Waals surface area contributed by atoms with E-state index in [9.17, 15) is 4.79 Å². The lowest BCUT2D eigenvalue weighted by molar-refractivity contribution is 0.102. The molecule has 2 aromatic heterocycles. The van der Waals surface area contributed by atoms with Gasteiger partial charge in [0.05, 0.1) is 26.2 Å². The lowest BCUT2D eigenvalue weighted by atomic mass is 10.1. The molecule has 25 heavy (non-hydrogen) atoms. The Morgan fingerprint density at radius 1 is 1.20 bits per heavy atom. The highest BCUT2D eigenvalue weighted by molar-refractivity contribution is 7.99. The van der Waals surface area contributed by atoms with Crippen LogP contribution in [-0.4, -0.2) is 40.5 Å². The van der Waals surface area contributed by atoms with E-state index in [1.807, 2.05) is 13.1 Å². The van der Waals surface area contributed by atoms with Crippen LogP contribution >= 0.6 is 11.8 Å². The molecule has 8 heteroatoms. The fraction of sp³-hybridized carbons (Fsp3) is 0.235. The summed E-state index contributed by atoms with van der Waals surface area (Å²) < 4.78 is 17.5. The van der Waals surface area contributed by atoms with Crippen molar-refractivity contribution in [3.63, 3.8) is 0 Å². The maximum absolute atomic E-state index is 12.4. The lowest BCUT2D eigenvalue weighted by Crippen LogP contribution is -2.05. The van der Waals surface area contributed by atoms with E-state index in [-0.39, 0.29) is 11.5 Å². The van der Waals surface area contributed by atoms with Gasteiger partial charge in [0.1, 0.15) is 0 Å². The second kappa shape index (κ2) is 7.43. The minimum Gasteiger partial charge on any atom is -0.493 e. The molecule has 0 fully saturated rings. The third kappa shape index (κ3) is 3.53. The fourth-order valence-electron chi connectivity index (χ4n) is 2.28. The van der Waals surface area contributed by atoms with Crippen molar-refractivity contribution >= 4 is 17.5 Å². The average Bonchev–Trinajstić information content (AvgIpc) is 3.28. The molecular weight excluding hydrogens is 342 g/mol. The van der Waals surface area contributed by atoms with Crippen molar-refractivity contribution < 1.29 is 18.7 Å². The maximum atomic E-state index is 12.4. The number of methoxy groups -OCH3 is 2. The van der Waals surface area contributed by atoms with Gasteiger partial charge in [0.15, 0.2) is 34.0 Å². The van der Waals surface area contributed by atoms with Gasteiger partial charge in [0.25, 0.3) is 0 Å². The number of benzene rings is 1. The number of nitrogens with zero attached hydrogens (tertiary/aromatic N) is 3. The molecule has 0 unspecified atom stereocenters. The summed E-state index contributed by atoms with van der Waals surface area (Å²) in [6, 6.07) is 8.71. The largest absolute Gasteiger partial charge is 0.493 e. The van der Waals surface area contributed by atoms with E-state index in [2.05, 4.69) is 10.2 Å². The average molecular weight is 359 g/mol. The van der Waals surface area contributed by atoms with Crippen LogP contribution in [0.15, 0.2) is 46.2 Å². The second-order valence-corrected chi connectivity index (χ2v) is 6.07. The SMILES string of the molecule is COc1ccc(C(=O)CSc2nnc(-c3ccco3)n2C)cc1OC. The Morgan fingerprint density at radius 2 is 2.00 bits per heavy atom. The topological polar surface area (TPSA) is 79.4 Å². The summed E-state index contributed by atoms with van der Waals surface area (Å²) in [4.78, 5) is 12.4. The number of hydrogen-bond acceptors (Lipinski definition) is 7. The molecule has 1 aromatic carbocycles. The first-order chi connectivity index (χ1) is 12.1. The molecule has 0 N–H and O–H groups in total. The summed E-state index contributed by atoms with van der Waals surface area (Å²) in [7, 11) is 4.93. The molecule has 0 aliphatic heterocycles. The molecule has 0 aliphatic carbocycles. The number of furan rings is 1. The van der Waals surface area contributed by atoms with Crippen molar-refractivity contribution in [3.05, 3.63) is 42.2 Å². The molecule has 2 heterocycles. The Morgan fingerprint density at radius 3 is 2.68 bits per heavy atom. The first-order valence-electron chi connectivity index (χ1n) is 7.45. The summed E-state index contributed by atoms with van der Waals surface area (Å²) in [5.41, 5.74) is 0.554. The highest BCUT2D eigenvalue weighted by atomic mass is 32.2. The van der Waals surface area contributed by atoms with Crippen molar-refractivity contribution in [3.8, 4) is 23.1 Å². The van der Waals surface area contributed by atoms with Crippen molar-refractivity contribution in [2.45, 2.75) is 5.16 Å². The van der Waals surface area contributed by atoms with Crippen molar-refractivity contribution in [2.75, 3.05) is 20.0 Å². The van der Waals surface area contributed by atoms with Crippen molar-refractivity contribution in [2.24, 2.45) is 7.05 Å². The molecule has 7 nitrogen and oxygen atoms in total. The van der Waals surface area contributed by atoms with Gasteiger partial charge in [-0.3, -0.25) is 4.79 Å². The van der Waals surface area contributed by atoms with Crippen LogP contribution in [0, 0.1) is 0 Å². The zero-order valence-corrected chi connectivity index (χ0v) is 14.9. The van der Waals surface area contributed by atoms with Gasteiger partial charge in [-0.25, -0.2) is 0 Å². The van der Waals surface area contributed by atoms with Crippen LogP contribution in [-0.2, 0) is 7.05 Å². The Labute approximate surface area is 149 Å². The number of ether oxygens (including phenoxy) is 2. The predicted octanol–water partition coefficient (Wildman–Crippen LogP) is 3.07. The van der Waals surface area contributed by atoms with Crippen LogP contribution in [0.25, 0.3) is 11.6 Å². The molecule has 0 saturated carbocycles. The number of aromatic nitrogens is 3. The molecule has 0 bridgehead atoms. The molecule has 0 saturated heterocycles. The number of ketones is 1. The summed E-state index contributed by atoms with van der Waals surface area (Å²) in [6.45, 7) is 0. The van der Waals surface area contributed by atoms with Crippen molar-refractivity contribution in [1.29, 1.82) is 0 Å². The highest BCUT2D eigenvalue weighted by Gasteiger charge is 2.16. The number of rotatable bonds is 7. The Kier molecular flexibility index (Phi) is 5.08. The van der Waals surface area contributed by atoms with Gasteiger partial charge in [-0.1, -0.05) is 11.8 Å². The molecule has 130 valence electrons. The number of thioether (sulfide) groups is 1. The Hall–Kier alpha value is -2.74. The standard InChI is InChI=1S/C17H17N3O4S/c1-20-16(14-5-4-8-24-14)18-19-17(20)25-10-12(21)11-6-7-13(22-2)15(9-11)23-3/h4-9H,10H2,1-3H3. The zero-order chi connectivity index (χ0) is 17.8. The van der Waals surface area contributed by atoms with Gasteiger partial charge in [-0.2, -0.15) is 0 Å². The van der Waals surface area contributed by atoms with E-state index in [0.717, 1.165) is 0 Å². The summed E-state index contributed by atoms with van der Waals surface area (Å²) in [5.74, 6) is 2.56. The van der Waals surface area contributed by atoms with E-state index >= 15 is 0 Å². The van der Waals surface area contributed by atoms with Crippen LogP contribution in [0.2, 0.25) is 0 Å². The van der Waals surface area contributed by atoms with Crippen molar-refractivity contribution in [1.82, 2.24) is 14.8 Å². The Bertz CT molecular complexity index is 874. The minimum atomic E-state index is -0.0338. The second-order valence-electron chi connectivity index (χ2n) is 5.12. The van der Waals surface area contributed by atoms with Gasteiger partial charge in [-0.15, -0.1) is 10.2 Å². The van der Waals surface area contributed by atoms with E-state index < -0.39 is 0 Å². The quantitative estimate of drug-likeness (QED) is 0.474. The lowest BCUT2D eigenvalue weighted by Gasteiger charge is -2.09. The van der Waals surface area contributed by atoms with E-state index in [1.165, 1.54) is 18.9 Å². The van der Waals surface area contributed by atoms with Gasteiger partial charge >= 0.3 is 0 Å². The van der Waals surface area contributed by atoms with Crippen LogP contribution in [0.5, 0.6) is 11.5 Å². The predicted molar refractivity (Wildman–Crippen MR) is 93.3 cm³/mol. The first kappa shape index (κ1) is 17.1. The van der Waals surface area contributed by atoms with Gasteiger partial charge < -0.3 is 18.5 Å². The maximum Gasteiger partial charge on any atom is 0.200 e. The van der Waals surface area contributed by atoms with E-state index in [4.69, 9.17) is 13.9 Å². The molecular formula is C17H17N3O4S. The van der Waals surface area contributed by atoms with Crippen LogP contribution < -0.4 is 9.47 Å². The molecule has 0 spiro atoms. The molecule has 0 atom stereocenters. The van der Waals surface area contributed by atoms with Gasteiger partial charge in [-0.05, 0) is 30.3 Å². The van der Waals surface area contributed by atoms with Crippen LogP contribution in [0.4, 0.5) is 0 Å². The number of carbonyl (C=O) groups is 1. The van der Waals surface area contributed by atoms with Gasteiger partial charge in [0, 0.05) is 12.6 Å². The third-order valence-corrected chi connectivity index (χ3v) is 4.63. The molecule has 0 aliphatic rings. The highest BCUT2D eigenvalue weighted by Crippen LogP contribution is 2.29. The zero-order valence-electron chi connectivity index (χ0n) is 14.1. The normalized spacial score (nSPS) is 10.7. The summed E-state index contributed by atoms with van der Waals surface area (Å²) >= 11 is 1.32. The molecule has 0 radical (unpaired) electrons.